The van der Waals surface area contributed by atoms with E-state index in [-0.39, 0.29) is 11.3 Å². The summed E-state index contributed by atoms with van der Waals surface area (Å²) in [5.41, 5.74) is 0.557. The van der Waals surface area contributed by atoms with Crippen molar-refractivity contribution in [2.45, 2.75) is 20.3 Å². The Labute approximate surface area is 172 Å². The van der Waals surface area contributed by atoms with Gasteiger partial charge in [0.15, 0.2) is 0 Å². The van der Waals surface area contributed by atoms with E-state index in [2.05, 4.69) is 9.98 Å². The molecule has 0 aliphatic rings. The Bertz CT molecular complexity index is 1250. The molecule has 0 atom stereocenters. The van der Waals surface area contributed by atoms with Crippen LogP contribution in [0.3, 0.4) is 0 Å². The molecule has 0 saturated heterocycles. The zero-order chi connectivity index (χ0) is 21.8. The number of rotatable bonds is 5. The smallest absolute Gasteiger partial charge is 0.337 e. The molecule has 0 aliphatic heterocycles. The highest BCUT2D eigenvalue weighted by Crippen LogP contribution is 2.23. The number of aromatic nitrogens is 2. The number of hydrogen-bond donors (Lipinski definition) is 2. The van der Waals surface area contributed by atoms with Crippen molar-refractivity contribution in [3.8, 4) is 11.6 Å². The first kappa shape index (κ1) is 20.8. The van der Waals surface area contributed by atoms with Crippen LogP contribution in [0.1, 0.15) is 34.8 Å². The lowest BCUT2D eigenvalue weighted by molar-refractivity contribution is 0.0600. The van der Waals surface area contributed by atoms with Gasteiger partial charge in [-0.1, -0.05) is 31.2 Å². The molecule has 0 aliphatic carbocycles. The lowest BCUT2D eigenvalue weighted by Crippen LogP contribution is -2.33. The maximum atomic E-state index is 12.6. The molecule has 8 heteroatoms. The Hall–Kier alpha value is -3.94. The minimum atomic E-state index is -0.751. The van der Waals surface area contributed by atoms with Crippen molar-refractivity contribution in [2.75, 3.05) is 7.11 Å². The topological polar surface area (TPSA) is 114 Å². The van der Waals surface area contributed by atoms with Crippen LogP contribution in [0.2, 0.25) is 0 Å². The van der Waals surface area contributed by atoms with Crippen molar-refractivity contribution in [2.24, 2.45) is 4.99 Å². The van der Waals surface area contributed by atoms with Crippen LogP contribution in [0.15, 0.2) is 63.1 Å². The molecule has 0 bridgehead atoms. The third-order valence-corrected chi connectivity index (χ3v) is 4.60. The molecule has 1 aromatic heterocycles. The third kappa shape index (κ3) is 3.93. The summed E-state index contributed by atoms with van der Waals surface area (Å²) in [5, 5.41) is 10.9. The van der Waals surface area contributed by atoms with Crippen molar-refractivity contribution in [3.05, 3.63) is 86.1 Å². The normalized spacial score (nSPS) is 11.4. The summed E-state index contributed by atoms with van der Waals surface area (Å²) >= 11 is 0. The number of aromatic amines is 1. The molecule has 2 aromatic carbocycles. The Balaban J connectivity index is 2.21. The van der Waals surface area contributed by atoms with E-state index < -0.39 is 23.1 Å². The van der Waals surface area contributed by atoms with Crippen LogP contribution in [0.25, 0.3) is 5.69 Å². The highest BCUT2D eigenvalue weighted by atomic mass is 16.5. The molecule has 2 N–H and O–H groups in total. The number of aromatic hydroxyl groups is 1. The van der Waals surface area contributed by atoms with Gasteiger partial charge >= 0.3 is 11.7 Å². The van der Waals surface area contributed by atoms with Crippen LogP contribution in [-0.2, 0) is 4.74 Å². The van der Waals surface area contributed by atoms with Crippen LogP contribution < -0.4 is 11.2 Å². The van der Waals surface area contributed by atoms with Crippen LogP contribution in [0.5, 0.6) is 5.88 Å². The average Bonchev–Trinajstić information content (AvgIpc) is 2.73. The zero-order valence-corrected chi connectivity index (χ0v) is 16.8. The second kappa shape index (κ2) is 8.60. The fraction of sp³-hybridized carbons (Fsp3) is 0.182. The number of ether oxygens (including phenoxy) is 1. The Kier molecular flexibility index (Phi) is 5.96. The molecule has 0 radical (unpaired) electrons. The van der Waals surface area contributed by atoms with Crippen molar-refractivity contribution < 1.29 is 14.6 Å². The molecule has 30 heavy (non-hydrogen) atoms. The number of hydrogen-bond acceptors (Lipinski definition) is 6. The molecule has 0 unspecified atom stereocenters. The molecule has 3 rings (SSSR count). The molecule has 0 fully saturated rings. The summed E-state index contributed by atoms with van der Waals surface area (Å²) in [6.07, 6.45) is 0.297. The summed E-state index contributed by atoms with van der Waals surface area (Å²) in [6.45, 7) is 3.56. The van der Waals surface area contributed by atoms with Gasteiger partial charge in [-0.2, -0.15) is 0 Å². The number of para-hydroxylation sites is 1. The number of benzene rings is 2. The van der Waals surface area contributed by atoms with E-state index in [9.17, 15) is 19.5 Å². The third-order valence-electron chi connectivity index (χ3n) is 4.60. The zero-order valence-electron chi connectivity index (χ0n) is 16.8. The van der Waals surface area contributed by atoms with E-state index in [0.29, 0.717) is 23.4 Å². The van der Waals surface area contributed by atoms with Gasteiger partial charge in [0.25, 0.3) is 5.56 Å². The van der Waals surface area contributed by atoms with E-state index >= 15 is 0 Å². The van der Waals surface area contributed by atoms with Gasteiger partial charge in [0.1, 0.15) is 5.56 Å². The van der Waals surface area contributed by atoms with Crippen LogP contribution in [0.4, 0.5) is 5.69 Å². The second-order valence-corrected chi connectivity index (χ2v) is 6.53. The molecule has 154 valence electrons. The molecular weight excluding hydrogens is 386 g/mol. The van der Waals surface area contributed by atoms with Gasteiger partial charge in [-0.3, -0.25) is 14.8 Å². The predicted octanol–water partition coefficient (Wildman–Crippen LogP) is 2.86. The van der Waals surface area contributed by atoms with Gasteiger partial charge < -0.3 is 9.84 Å². The summed E-state index contributed by atoms with van der Waals surface area (Å²) in [7, 11) is 1.28. The van der Waals surface area contributed by atoms with E-state index in [1.165, 1.54) is 13.2 Å². The van der Waals surface area contributed by atoms with Gasteiger partial charge in [-0.05, 0) is 43.2 Å². The van der Waals surface area contributed by atoms with Gasteiger partial charge in [0.2, 0.25) is 5.88 Å². The number of methoxy groups -OCH3 is 1. The summed E-state index contributed by atoms with van der Waals surface area (Å²) in [5.74, 6) is -1.01. The first-order valence-electron chi connectivity index (χ1n) is 9.28. The Morgan fingerprint density at radius 2 is 1.90 bits per heavy atom. The number of aryl methyl sites for hydroxylation is 1. The molecule has 8 nitrogen and oxygen atoms in total. The number of carbonyl (C=O) groups is 1. The number of esters is 1. The van der Waals surface area contributed by atoms with Crippen LogP contribution in [0, 0.1) is 6.92 Å². The largest absolute Gasteiger partial charge is 0.493 e. The van der Waals surface area contributed by atoms with Gasteiger partial charge in [0.05, 0.1) is 29.8 Å². The fourth-order valence-electron chi connectivity index (χ4n) is 3.11. The molecule has 0 saturated carbocycles. The lowest BCUT2D eigenvalue weighted by atomic mass is 10.1. The second-order valence-electron chi connectivity index (χ2n) is 6.53. The van der Waals surface area contributed by atoms with Crippen molar-refractivity contribution in [3.63, 3.8) is 0 Å². The maximum Gasteiger partial charge on any atom is 0.337 e. The van der Waals surface area contributed by atoms with Gasteiger partial charge in [-0.25, -0.2) is 14.2 Å². The van der Waals surface area contributed by atoms with E-state index in [4.69, 9.17) is 4.74 Å². The number of aliphatic imine (C=N–C) groups is 1. The fourth-order valence-corrected chi connectivity index (χ4v) is 3.11. The number of H-pyrrole nitrogens is 1. The first-order valence-corrected chi connectivity index (χ1v) is 9.28. The molecule has 0 spiro atoms. The monoisotopic (exact) mass is 407 g/mol. The van der Waals surface area contributed by atoms with Crippen molar-refractivity contribution in [1.29, 1.82) is 0 Å². The van der Waals surface area contributed by atoms with E-state index in [1.807, 2.05) is 0 Å². The summed E-state index contributed by atoms with van der Waals surface area (Å²) < 4.78 is 5.76. The molecule has 0 amide bonds. The Morgan fingerprint density at radius 3 is 2.57 bits per heavy atom. The SMILES string of the molecule is CCC(=Nc1cccc(C(=O)OC)c1)c1c(O)n(-c2ccccc2C)c(=O)[nH]c1=O. The van der Waals surface area contributed by atoms with Crippen molar-refractivity contribution >= 4 is 17.4 Å². The highest BCUT2D eigenvalue weighted by Gasteiger charge is 2.20. The molecule has 3 aromatic rings. The predicted molar refractivity (Wildman–Crippen MR) is 113 cm³/mol. The van der Waals surface area contributed by atoms with Crippen LogP contribution in [-0.4, -0.2) is 33.4 Å². The number of carbonyl (C=O) groups excluding carboxylic acids is 1. The minimum Gasteiger partial charge on any atom is -0.493 e. The number of nitrogens with zero attached hydrogens (tertiary/aromatic N) is 2. The standard InChI is InChI=1S/C22H21N3O5/c1-4-16(23-15-10-7-9-14(12-15)21(28)30-3)18-19(26)24-22(29)25(20(18)27)17-11-6-5-8-13(17)2/h5-12,27H,4H2,1-3H3,(H,24,26,29). The average molecular weight is 407 g/mol. The molecule has 1 heterocycles. The van der Waals surface area contributed by atoms with Gasteiger partial charge in [-0.15, -0.1) is 0 Å². The van der Waals surface area contributed by atoms with Gasteiger partial charge in [0, 0.05) is 0 Å². The van der Waals surface area contributed by atoms with Crippen LogP contribution >= 0.6 is 0 Å². The van der Waals surface area contributed by atoms with E-state index in [1.54, 1.807) is 56.3 Å². The number of nitrogens with one attached hydrogen (secondary N) is 1. The van der Waals surface area contributed by atoms with E-state index in [0.717, 1.165) is 10.1 Å². The first-order chi connectivity index (χ1) is 14.4. The maximum absolute atomic E-state index is 12.6. The molecular formula is C22H21N3O5. The Morgan fingerprint density at radius 1 is 1.17 bits per heavy atom. The summed E-state index contributed by atoms with van der Waals surface area (Å²) in [4.78, 5) is 43.5. The lowest BCUT2D eigenvalue weighted by Gasteiger charge is -2.14. The van der Waals surface area contributed by atoms with Crippen molar-refractivity contribution in [1.82, 2.24) is 9.55 Å². The summed E-state index contributed by atoms with van der Waals surface area (Å²) in [6, 6.07) is 13.4. The highest BCUT2D eigenvalue weighted by molar-refractivity contribution is 6.03. The quantitative estimate of drug-likeness (QED) is 0.499. The minimum absolute atomic E-state index is 0.108.